The largest absolute Gasteiger partial charge is 0.508 e. The Kier molecular flexibility index (Phi) is 11.1. The predicted octanol–water partition coefficient (Wildman–Crippen LogP) is 6.81. The van der Waals surface area contributed by atoms with Crippen LogP contribution in [0.1, 0.15) is 89.5 Å². The van der Waals surface area contributed by atoms with Gasteiger partial charge in [-0.3, -0.25) is 0 Å². The first kappa shape index (κ1) is 19.6. The molecule has 1 aromatic rings. The minimum absolute atomic E-state index is 0.111. The van der Waals surface area contributed by atoms with Crippen molar-refractivity contribution in [2.45, 2.75) is 84.0 Å². The molecule has 2 N–H and O–H groups in total. The second-order valence-electron chi connectivity index (χ2n) is 6.51. The highest BCUT2D eigenvalue weighted by Crippen LogP contribution is 2.21. The molecule has 0 unspecified atom stereocenters. The van der Waals surface area contributed by atoms with Crippen LogP contribution < -0.4 is 0 Å². The van der Waals surface area contributed by atoms with E-state index in [1.807, 2.05) is 6.08 Å². The summed E-state index contributed by atoms with van der Waals surface area (Å²) in [7, 11) is 0. The molecule has 0 heterocycles. The van der Waals surface area contributed by atoms with Gasteiger partial charge in [0.25, 0.3) is 0 Å². The topological polar surface area (TPSA) is 40.5 Å². The lowest BCUT2D eigenvalue weighted by molar-refractivity contribution is 0.450. The summed E-state index contributed by atoms with van der Waals surface area (Å²) in [5.74, 6) is 0.221. The van der Waals surface area contributed by atoms with Gasteiger partial charge in [-0.15, -0.1) is 0 Å². The van der Waals surface area contributed by atoms with Gasteiger partial charge in [0.05, 0.1) is 0 Å². The van der Waals surface area contributed by atoms with Crippen molar-refractivity contribution < 1.29 is 10.2 Å². The molecule has 1 aromatic carbocycles. The normalized spacial score (nSPS) is 11.3. The fraction of sp³-hybridized carbons (Fsp3) is 0.619. The summed E-state index contributed by atoms with van der Waals surface area (Å²) >= 11 is 0. The van der Waals surface area contributed by atoms with Crippen LogP contribution in [0, 0.1) is 0 Å². The third-order valence-electron chi connectivity index (χ3n) is 4.21. The van der Waals surface area contributed by atoms with E-state index in [0.717, 1.165) is 12.0 Å². The van der Waals surface area contributed by atoms with E-state index in [4.69, 9.17) is 0 Å². The highest BCUT2D eigenvalue weighted by atomic mass is 16.3. The van der Waals surface area contributed by atoms with Gasteiger partial charge in [0.15, 0.2) is 0 Å². The Balaban J connectivity index is 1.94. The van der Waals surface area contributed by atoms with Gasteiger partial charge in [-0.2, -0.15) is 0 Å². The van der Waals surface area contributed by atoms with Crippen LogP contribution in [0.15, 0.2) is 24.3 Å². The number of benzene rings is 1. The van der Waals surface area contributed by atoms with Crippen LogP contribution in [0.4, 0.5) is 0 Å². The summed E-state index contributed by atoms with van der Waals surface area (Å²) in [5, 5.41) is 18.8. The van der Waals surface area contributed by atoms with Crippen LogP contribution >= 0.6 is 0 Å². The lowest BCUT2D eigenvalue weighted by atomic mass is 10.1. The highest BCUT2D eigenvalue weighted by Gasteiger charge is 1.96. The molecule has 1 rings (SSSR count). The Labute approximate surface area is 142 Å². The number of hydrogen-bond donors (Lipinski definition) is 2. The zero-order valence-corrected chi connectivity index (χ0v) is 14.8. The molecule has 0 bridgehead atoms. The van der Waals surface area contributed by atoms with Crippen molar-refractivity contribution in [1.82, 2.24) is 0 Å². The molecule has 0 spiro atoms. The van der Waals surface area contributed by atoms with Gasteiger partial charge in [-0.1, -0.05) is 83.3 Å². The molecule has 23 heavy (non-hydrogen) atoms. The predicted molar refractivity (Wildman–Crippen MR) is 99.9 cm³/mol. The van der Waals surface area contributed by atoms with Crippen LogP contribution in [0.3, 0.4) is 0 Å². The molecule has 130 valence electrons. The summed E-state index contributed by atoms with van der Waals surface area (Å²) < 4.78 is 0. The lowest BCUT2D eigenvalue weighted by Crippen LogP contribution is -1.82. The quantitative estimate of drug-likeness (QED) is 0.392. The minimum Gasteiger partial charge on any atom is -0.508 e. The van der Waals surface area contributed by atoms with E-state index in [2.05, 4.69) is 13.0 Å². The molecule has 0 aromatic heterocycles. The molecule has 0 radical (unpaired) electrons. The van der Waals surface area contributed by atoms with E-state index in [9.17, 15) is 10.2 Å². The fourth-order valence-electron chi connectivity index (χ4n) is 2.86. The average molecular weight is 319 g/mol. The Bertz CT molecular complexity index is 417. The van der Waals surface area contributed by atoms with Gasteiger partial charge < -0.3 is 10.2 Å². The van der Waals surface area contributed by atoms with Crippen molar-refractivity contribution in [2.24, 2.45) is 0 Å². The molecule has 0 saturated carbocycles. The van der Waals surface area contributed by atoms with Crippen molar-refractivity contribution in [3.8, 4) is 11.5 Å². The van der Waals surface area contributed by atoms with Gasteiger partial charge in [0.1, 0.15) is 11.5 Å². The zero-order chi connectivity index (χ0) is 16.8. The number of hydrogen-bond acceptors (Lipinski definition) is 2. The van der Waals surface area contributed by atoms with Crippen LogP contribution in [0.2, 0.25) is 0 Å². The van der Waals surface area contributed by atoms with Gasteiger partial charge in [0.2, 0.25) is 0 Å². The third kappa shape index (κ3) is 10.8. The first-order valence-electron chi connectivity index (χ1n) is 9.42. The second-order valence-corrected chi connectivity index (χ2v) is 6.51. The highest BCUT2D eigenvalue weighted by molar-refractivity contribution is 5.54. The molecule has 0 saturated heterocycles. The maximum atomic E-state index is 9.40. The van der Waals surface area contributed by atoms with Crippen LogP contribution in [0.5, 0.6) is 11.5 Å². The molecule has 0 aliphatic heterocycles. The molecule has 0 aliphatic rings. The standard InChI is InChI=1S/C21H34O2/c1-2-3-4-5-6-7-8-9-10-11-12-13-14-15-19-16-20(22)18-21(23)17-19/h14-18,22-23H,2-13H2,1H3/b15-14-. The smallest absolute Gasteiger partial charge is 0.119 e. The van der Waals surface area contributed by atoms with Gasteiger partial charge >= 0.3 is 0 Å². The number of allylic oxidation sites excluding steroid dienone is 1. The number of phenolic OH excluding ortho intramolecular Hbond substituents is 2. The van der Waals surface area contributed by atoms with E-state index in [0.29, 0.717) is 0 Å². The van der Waals surface area contributed by atoms with Crippen molar-refractivity contribution >= 4 is 6.08 Å². The number of rotatable bonds is 13. The monoisotopic (exact) mass is 318 g/mol. The number of unbranched alkanes of at least 4 members (excludes halogenated alkanes) is 11. The fourth-order valence-corrected chi connectivity index (χ4v) is 2.86. The van der Waals surface area contributed by atoms with Crippen molar-refractivity contribution in [3.05, 3.63) is 29.8 Å². The van der Waals surface area contributed by atoms with Crippen molar-refractivity contribution in [2.75, 3.05) is 0 Å². The molecular weight excluding hydrogens is 284 g/mol. The number of phenols is 2. The SMILES string of the molecule is CCCCCCCCCCCCC/C=C\c1cc(O)cc(O)c1. The Morgan fingerprint density at radius 1 is 0.696 bits per heavy atom. The minimum atomic E-state index is 0.111. The number of aromatic hydroxyl groups is 2. The maximum absolute atomic E-state index is 9.40. The Hall–Kier alpha value is -1.44. The summed E-state index contributed by atoms with van der Waals surface area (Å²) in [6, 6.07) is 4.68. The van der Waals surface area contributed by atoms with Crippen LogP contribution in [0.25, 0.3) is 6.08 Å². The first-order chi connectivity index (χ1) is 11.2. The van der Waals surface area contributed by atoms with E-state index in [1.54, 1.807) is 12.1 Å². The average Bonchev–Trinajstić information content (AvgIpc) is 2.51. The maximum Gasteiger partial charge on any atom is 0.119 e. The van der Waals surface area contributed by atoms with Gasteiger partial charge in [-0.05, 0) is 30.5 Å². The molecule has 0 fully saturated rings. The molecular formula is C21H34O2. The van der Waals surface area contributed by atoms with Gasteiger partial charge in [-0.25, -0.2) is 0 Å². The van der Waals surface area contributed by atoms with E-state index in [1.165, 1.54) is 76.7 Å². The zero-order valence-electron chi connectivity index (χ0n) is 14.8. The van der Waals surface area contributed by atoms with Crippen molar-refractivity contribution in [3.63, 3.8) is 0 Å². The third-order valence-corrected chi connectivity index (χ3v) is 4.21. The van der Waals surface area contributed by atoms with Crippen LogP contribution in [-0.4, -0.2) is 10.2 Å². The second kappa shape index (κ2) is 13.0. The summed E-state index contributed by atoms with van der Waals surface area (Å²) in [6.45, 7) is 2.27. The molecule has 2 heteroatoms. The molecule has 0 aliphatic carbocycles. The van der Waals surface area contributed by atoms with Crippen LogP contribution in [-0.2, 0) is 0 Å². The van der Waals surface area contributed by atoms with Crippen molar-refractivity contribution in [1.29, 1.82) is 0 Å². The summed E-state index contributed by atoms with van der Waals surface area (Å²) in [5.41, 5.74) is 0.852. The van der Waals surface area contributed by atoms with Gasteiger partial charge in [0, 0.05) is 6.07 Å². The summed E-state index contributed by atoms with van der Waals surface area (Å²) in [6.07, 6.45) is 20.2. The summed E-state index contributed by atoms with van der Waals surface area (Å²) in [4.78, 5) is 0. The Morgan fingerprint density at radius 3 is 1.70 bits per heavy atom. The Morgan fingerprint density at radius 2 is 1.17 bits per heavy atom. The van der Waals surface area contributed by atoms with E-state index in [-0.39, 0.29) is 11.5 Å². The molecule has 0 atom stereocenters. The molecule has 0 amide bonds. The first-order valence-corrected chi connectivity index (χ1v) is 9.42. The van der Waals surface area contributed by atoms with E-state index < -0.39 is 0 Å². The molecule has 2 nitrogen and oxygen atoms in total. The van der Waals surface area contributed by atoms with E-state index >= 15 is 0 Å². The lowest BCUT2D eigenvalue weighted by Gasteiger charge is -2.02.